The Hall–Kier alpha value is -1.36. The smallest absolute Gasteiger partial charge is 0.335 e. The maximum atomic E-state index is 10.8. The average molecular weight is 184 g/mol. The zero-order valence-electron chi connectivity index (χ0n) is 7.57. The average Bonchev–Trinajstić information content (AvgIpc) is 2.49. The number of carbonyl (C=O) groups excluding carboxylic acids is 1. The van der Waals surface area contributed by atoms with Crippen LogP contribution in [0.3, 0.4) is 0 Å². The SMILES string of the molecule is COC(=O)C(O)Cc1cc(C)[nH]n1. The zero-order valence-corrected chi connectivity index (χ0v) is 7.57. The van der Waals surface area contributed by atoms with Gasteiger partial charge in [0.1, 0.15) is 0 Å². The zero-order chi connectivity index (χ0) is 9.84. The van der Waals surface area contributed by atoms with Crippen LogP contribution in [0.5, 0.6) is 0 Å². The molecule has 2 N–H and O–H groups in total. The highest BCUT2D eigenvalue weighted by Crippen LogP contribution is 2.02. The van der Waals surface area contributed by atoms with Crippen molar-refractivity contribution in [1.82, 2.24) is 10.2 Å². The highest BCUT2D eigenvalue weighted by molar-refractivity contribution is 5.74. The fraction of sp³-hybridized carbons (Fsp3) is 0.500. The van der Waals surface area contributed by atoms with Gasteiger partial charge in [0.2, 0.25) is 0 Å². The van der Waals surface area contributed by atoms with Crippen molar-refractivity contribution in [2.75, 3.05) is 7.11 Å². The number of aromatic amines is 1. The van der Waals surface area contributed by atoms with E-state index < -0.39 is 12.1 Å². The van der Waals surface area contributed by atoms with Gasteiger partial charge in [0.15, 0.2) is 6.10 Å². The van der Waals surface area contributed by atoms with E-state index in [0.717, 1.165) is 5.69 Å². The summed E-state index contributed by atoms with van der Waals surface area (Å²) in [6, 6.07) is 1.77. The number of hydrogen-bond donors (Lipinski definition) is 2. The predicted molar refractivity (Wildman–Crippen MR) is 45.1 cm³/mol. The lowest BCUT2D eigenvalue weighted by molar-refractivity contribution is -0.150. The molecule has 0 spiro atoms. The van der Waals surface area contributed by atoms with Gasteiger partial charge in [-0.2, -0.15) is 5.10 Å². The van der Waals surface area contributed by atoms with Gasteiger partial charge in [0, 0.05) is 12.1 Å². The maximum Gasteiger partial charge on any atom is 0.335 e. The summed E-state index contributed by atoms with van der Waals surface area (Å²) in [5.74, 6) is -0.638. The van der Waals surface area contributed by atoms with E-state index in [1.807, 2.05) is 6.92 Å². The second-order valence-corrected chi connectivity index (χ2v) is 2.79. The normalized spacial score (nSPS) is 12.5. The Morgan fingerprint density at radius 3 is 3.00 bits per heavy atom. The monoisotopic (exact) mass is 184 g/mol. The quantitative estimate of drug-likeness (QED) is 0.637. The molecule has 0 aliphatic heterocycles. The number of nitrogens with one attached hydrogen (secondary N) is 1. The summed E-state index contributed by atoms with van der Waals surface area (Å²) in [5.41, 5.74) is 1.54. The first-order valence-corrected chi connectivity index (χ1v) is 3.90. The number of rotatable bonds is 3. The van der Waals surface area contributed by atoms with Crippen molar-refractivity contribution in [3.63, 3.8) is 0 Å². The van der Waals surface area contributed by atoms with Crippen molar-refractivity contribution in [3.8, 4) is 0 Å². The highest BCUT2D eigenvalue weighted by atomic mass is 16.5. The molecule has 0 aromatic carbocycles. The molecule has 5 heteroatoms. The number of aryl methyl sites for hydroxylation is 1. The lowest BCUT2D eigenvalue weighted by atomic mass is 10.2. The van der Waals surface area contributed by atoms with Gasteiger partial charge in [-0.05, 0) is 13.0 Å². The fourth-order valence-electron chi connectivity index (χ4n) is 0.996. The summed E-state index contributed by atoms with van der Waals surface area (Å²) >= 11 is 0. The largest absolute Gasteiger partial charge is 0.467 e. The van der Waals surface area contributed by atoms with E-state index in [0.29, 0.717) is 5.69 Å². The van der Waals surface area contributed by atoms with E-state index in [2.05, 4.69) is 14.9 Å². The van der Waals surface area contributed by atoms with E-state index in [1.165, 1.54) is 7.11 Å². The molecule has 1 aromatic heterocycles. The Morgan fingerprint density at radius 2 is 2.54 bits per heavy atom. The fourth-order valence-corrected chi connectivity index (χ4v) is 0.996. The van der Waals surface area contributed by atoms with Crippen molar-refractivity contribution in [3.05, 3.63) is 17.5 Å². The number of aliphatic hydroxyl groups excluding tert-OH is 1. The second kappa shape index (κ2) is 4.04. The molecule has 0 aliphatic rings. The molecule has 0 radical (unpaired) electrons. The Labute approximate surface area is 75.7 Å². The summed E-state index contributed by atoms with van der Waals surface area (Å²) in [6.07, 6.45) is -0.954. The summed E-state index contributed by atoms with van der Waals surface area (Å²) in [7, 11) is 1.24. The molecule has 0 bridgehead atoms. The third-order valence-electron chi connectivity index (χ3n) is 1.63. The third kappa shape index (κ3) is 2.55. The minimum atomic E-state index is -1.13. The van der Waals surface area contributed by atoms with Crippen LogP contribution in [-0.4, -0.2) is 34.5 Å². The lowest BCUT2D eigenvalue weighted by Crippen LogP contribution is -2.24. The Morgan fingerprint density at radius 1 is 1.85 bits per heavy atom. The molecule has 0 aliphatic carbocycles. The van der Waals surface area contributed by atoms with E-state index in [9.17, 15) is 9.90 Å². The summed E-state index contributed by atoms with van der Waals surface area (Å²) in [6.45, 7) is 1.85. The van der Waals surface area contributed by atoms with Gasteiger partial charge in [-0.3, -0.25) is 5.10 Å². The van der Waals surface area contributed by atoms with Crippen LogP contribution in [0.4, 0.5) is 0 Å². The molecule has 1 rings (SSSR count). The number of aromatic nitrogens is 2. The van der Waals surface area contributed by atoms with Crippen molar-refractivity contribution < 1.29 is 14.6 Å². The molecule has 0 saturated carbocycles. The number of aliphatic hydroxyl groups is 1. The summed E-state index contributed by atoms with van der Waals surface area (Å²) < 4.78 is 4.36. The molecule has 1 heterocycles. The Bertz CT molecular complexity index is 295. The van der Waals surface area contributed by atoms with Crippen LogP contribution in [0, 0.1) is 6.92 Å². The van der Waals surface area contributed by atoms with Crippen LogP contribution >= 0.6 is 0 Å². The second-order valence-electron chi connectivity index (χ2n) is 2.79. The Kier molecular flexibility index (Phi) is 3.02. The van der Waals surface area contributed by atoms with E-state index in [1.54, 1.807) is 6.07 Å². The Balaban J connectivity index is 2.54. The molecule has 0 saturated heterocycles. The molecule has 1 unspecified atom stereocenters. The van der Waals surface area contributed by atoms with Gasteiger partial charge in [-0.15, -0.1) is 0 Å². The highest BCUT2D eigenvalue weighted by Gasteiger charge is 2.16. The molecule has 1 atom stereocenters. The van der Waals surface area contributed by atoms with Crippen molar-refractivity contribution in [1.29, 1.82) is 0 Å². The van der Waals surface area contributed by atoms with E-state index >= 15 is 0 Å². The van der Waals surface area contributed by atoms with Crippen molar-refractivity contribution in [2.45, 2.75) is 19.4 Å². The van der Waals surface area contributed by atoms with Crippen LogP contribution in [-0.2, 0) is 16.0 Å². The van der Waals surface area contributed by atoms with Gasteiger partial charge in [0.05, 0.1) is 12.8 Å². The number of methoxy groups -OCH3 is 1. The molecule has 5 nitrogen and oxygen atoms in total. The van der Waals surface area contributed by atoms with Crippen LogP contribution in [0.2, 0.25) is 0 Å². The van der Waals surface area contributed by atoms with E-state index in [4.69, 9.17) is 0 Å². The van der Waals surface area contributed by atoms with Crippen molar-refractivity contribution >= 4 is 5.97 Å². The van der Waals surface area contributed by atoms with Crippen LogP contribution in [0.25, 0.3) is 0 Å². The third-order valence-corrected chi connectivity index (χ3v) is 1.63. The number of carbonyl (C=O) groups is 1. The number of nitrogens with zero attached hydrogens (tertiary/aromatic N) is 1. The molecule has 0 amide bonds. The number of H-pyrrole nitrogens is 1. The first-order chi connectivity index (χ1) is 6.13. The van der Waals surface area contributed by atoms with Gasteiger partial charge >= 0.3 is 5.97 Å². The predicted octanol–water partition coefficient (Wildman–Crippen LogP) is -0.205. The van der Waals surface area contributed by atoms with Crippen LogP contribution < -0.4 is 0 Å². The lowest BCUT2D eigenvalue weighted by Gasteiger charge is -2.04. The van der Waals surface area contributed by atoms with Crippen LogP contribution in [0.15, 0.2) is 6.07 Å². The molecule has 1 aromatic rings. The molecule has 0 fully saturated rings. The van der Waals surface area contributed by atoms with Crippen molar-refractivity contribution in [2.24, 2.45) is 0 Å². The first kappa shape index (κ1) is 9.73. The number of esters is 1. The van der Waals surface area contributed by atoms with Gasteiger partial charge in [0.25, 0.3) is 0 Å². The van der Waals surface area contributed by atoms with E-state index in [-0.39, 0.29) is 6.42 Å². The number of hydrogen-bond acceptors (Lipinski definition) is 4. The maximum absolute atomic E-state index is 10.8. The molecule has 13 heavy (non-hydrogen) atoms. The molecular weight excluding hydrogens is 172 g/mol. The summed E-state index contributed by atoms with van der Waals surface area (Å²) in [4.78, 5) is 10.8. The minimum Gasteiger partial charge on any atom is -0.467 e. The summed E-state index contributed by atoms with van der Waals surface area (Å²) in [5, 5.41) is 15.8. The standard InChI is InChI=1S/C8H12N2O3/c1-5-3-6(10-9-5)4-7(11)8(12)13-2/h3,7,11H,4H2,1-2H3,(H,9,10). The van der Waals surface area contributed by atoms with Gasteiger partial charge in [-0.1, -0.05) is 0 Å². The van der Waals surface area contributed by atoms with Crippen LogP contribution in [0.1, 0.15) is 11.4 Å². The first-order valence-electron chi connectivity index (χ1n) is 3.90. The minimum absolute atomic E-state index is 0.178. The molecular formula is C8H12N2O3. The van der Waals surface area contributed by atoms with Gasteiger partial charge < -0.3 is 9.84 Å². The topological polar surface area (TPSA) is 75.2 Å². The number of ether oxygens (including phenoxy) is 1. The molecule has 72 valence electrons. The van der Waals surface area contributed by atoms with Gasteiger partial charge in [-0.25, -0.2) is 4.79 Å².